The van der Waals surface area contributed by atoms with Gasteiger partial charge in [0.1, 0.15) is 17.2 Å². The zero-order chi connectivity index (χ0) is 11.8. The number of anilines is 1. The summed E-state index contributed by atoms with van der Waals surface area (Å²) in [5.74, 6) is 1.09. The van der Waals surface area contributed by atoms with Gasteiger partial charge in [0, 0.05) is 11.6 Å². The van der Waals surface area contributed by atoms with Gasteiger partial charge in [0.15, 0.2) is 0 Å². The third-order valence-corrected chi connectivity index (χ3v) is 2.78. The largest absolute Gasteiger partial charge is 0.456 e. The SMILES string of the molecule is Nc1ncc(Cl)cc1-c1cc2ccccc2o1. The molecule has 2 N–H and O–H groups in total. The Hall–Kier alpha value is -2.00. The second-order valence-electron chi connectivity index (χ2n) is 3.73. The highest BCUT2D eigenvalue weighted by Gasteiger charge is 2.10. The first-order valence-corrected chi connectivity index (χ1v) is 5.52. The van der Waals surface area contributed by atoms with Crippen molar-refractivity contribution in [3.8, 4) is 11.3 Å². The maximum absolute atomic E-state index is 5.91. The number of rotatable bonds is 1. The Balaban J connectivity index is 2.23. The minimum atomic E-state index is 0.411. The van der Waals surface area contributed by atoms with Crippen LogP contribution in [0.1, 0.15) is 0 Å². The molecule has 1 aromatic carbocycles. The van der Waals surface area contributed by atoms with E-state index in [2.05, 4.69) is 4.98 Å². The zero-order valence-electron chi connectivity index (χ0n) is 8.85. The average molecular weight is 245 g/mol. The fourth-order valence-electron chi connectivity index (χ4n) is 1.76. The van der Waals surface area contributed by atoms with E-state index in [4.69, 9.17) is 21.8 Å². The van der Waals surface area contributed by atoms with Crippen LogP contribution in [-0.4, -0.2) is 4.98 Å². The van der Waals surface area contributed by atoms with Gasteiger partial charge in [-0.15, -0.1) is 0 Å². The molecule has 17 heavy (non-hydrogen) atoms. The smallest absolute Gasteiger partial charge is 0.139 e. The highest BCUT2D eigenvalue weighted by atomic mass is 35.5. The molecule has 0 amide bonds. The van der Waals surface area contributed by atoms with Crippen molar-refractivity contribution in [3.63, 3.8) is 0 Å². The van der Waals surface area contributed by atoms with Gasteiger partial charge in [-0.1, -0.05) is 29.8 Å². The molecule has 0 aliphatic carbocycles. The van der Waals surface area contributed by atoms with Gasteiger partial charge in [-0.2, -0.15) is 0 Å². The summed E-state index contributed by atoms with van der Waals surface area (Å²) in [6.45, 7) is 0. The Labute approximate surface area is 103 Å². The minimum Gasteiger partial charge on any atom is -0.456 e. The minimum absolute atomic E-state index is 0.411. The topological polar surface area (TPSA) is 52.0 Å². The van der Waals surface area contributed by atoms with Crippen molar-refractivity contribution in [2.24, 2.45) is 0 Å². The third kappa shape index (κ3) is 1.74. The maximum atomic E-state index is 5.91. The highest BCUT2D eigenvalue weighted by molar-refractivity contribution is 6.30. The number of fused-ring (bicyclic) bond motifs is 1. The third-order valence-electron chi connectivity index (χ3n) is 2.58. The second-order valence-corrected chi connectivity index (χ2v) is 4.17. The van der Waals surface area contributed by atoms with Gasteiger partial charge in [-0.25, -0.2) is 4.98 Å². The van der Waals surface area contributed by atoms with Crippen LogP contribution >= 0.6 is 11.6 Å². The van der Waals surface area contributed by atoms with Crippen LogP contribution in [0, 0.1) is 0 Å². The molecule has 4 heteroatoms. The monoisotopic (exact) mass is 244 g/mol. The van der Waals surface area contributed by atoms with Crippen molar-refractivity contribution in [1.82, 2.24) is 4.98 Å². The molecule has 0 unspecified atom stereocenters. The van der Waals surface area contributed by atoms with Crippen LogP contribution in [0.3, 0.4) is 0 Å². The number of benzene rings is 1. The highest BCUT2D eigenvalue weighted by Crippen LogP contribution is 2.31. The number of hydrogen-bond donors (Lipinski definition) is 1. The predicted molar refractivity (Wildman–Crippen MR) is 68.9 cm³/mol. The summed E-state index contributed by atoms with van der Waals surface area (Å²) in [4.78, 5) is 4.01. The van der Waals surface area contributed by atoms with Gasteiger partial charge >= 0.3 is 0 Å². The molecule has 2 heterocycles. The van der Waals surface area contributed by atoms with Crippen LogP contribution < -0.4 is 5.73 Å². The van der Waals surface area contributed by atoms with Crippen LogP contribution in [0.15, 0.2) is 47.0 Å². The zero-order valence-corrected chi connectivity index (χ0v) is 9.61. The quantitative estimate of drug-likeness (QED) is 0.710. The number of pyridine rings is 1. The van der Waals surface area contributed by atoms with Gasteiger partial charge in [-0.3, -0.25) is 0 Å². The fraction of sp³-hybridized carbons (Fsp3) is 0. The van der Waals surface area contributed by atoms with E-state index in [-0.39, 0.29) is 0 Å². The van der Waals surface area contributed by atoms with Gasteiger partial charge in [-0.05, 0) is 18.2 Å². The number of aromatic nitrogens is 1. The van der Waals surface area contributed by atoms with E-state index in [1.54, 1.807) is 6.07 Å². The van der Waals surface area contributed by atoms with Crippen LogP contribution in [0.25, 0.3) is 22.3 Å². The Bertz CT molecular complexity index is 658. The molecule has 0 radical (unpaired) electrons. The molecular weight excluding hydrogens is 236 g/mol. The van der Waals surface area contributed by atoms with Crippen molar-refractivity contribution >= 4 is 28.4 Å². The van der Waals surface area contributed by atoms with Crippen LogP contribution in [0.5, 0.6) is 0 Å². The standard InChI is InChI=1S/C13H9ClN2O/c14-9-6-10(13(15)16-7-9)12-5-8-3-1-2-4-11(8)17-12/h1-7H,(H2,15,16). The number of hydrogen-bond acceptors (Lipinski definition) is 3. The molecule has 0 aliphatic heterocycles. The number of halogens is 1. The first-order chi connectivity index (χ1) is 8.24. The van der Waals surface area contributed by atoms with Crippen molar-refractivity contribution < 1.29 is 4.42 Å². The Morgan fingerprint density at radius 1 is 1.18 bits per heavy atom. The van der Waals surface area contributed by atoms with E-state index in [9.17, 15) is 0 Å². The second kappa shape index (κ2) is 3.79. The van der Waals surface area contributed by atoms with E-state index in [1.807, 2.05) is 30.3 Å². The lowest BCUT2D eigenvalue weighted by Crippen LogP contribution is -1.92. The molecule has 0 fully saturated rings. The van der Waals surface area contributed by atoms with E-state index >= 15 is 0 Å². The molecule has 2 aromatic heterocycles. The molecule has 0 bridgehead atoms. The van der Waals surface area contributed by atoms with Gasteiger partial charge in [0.2, 0.25) is 0 Å². The lowest BCUT2D eigenvalue weighted by Gasteiger charge is -2.00. The molecule has 0 aliphatic rings. The van der Waals surface area contributed by atoms with Crippen LogP contribution in [-0.2, 0) is 0 Å². The van der Waals surface area contributed by atoms with Gasteiger partial charge < -0.3 is 10.2 Å². The number of furan rings is 1. The normalized spacial score (nSPS) is 10.9. The van der Waals surface area contributed by atoms with Gasteiger partial charge in [0.05, 0.1) is 10.6 Å². The van der Waals surface area contributed by atoms with E-state index in [0.717, 1.165) is 11.0 Å². The summed E-state index contributed by atoms with van der Waals surface area (Å²) in [5, 5.41) is 1.57. The average Bonchev–Trinajstić information content (AvgIpc) is 2.75. The number of nitrogens with zero attached hydrogens (tertiary/aromatic N) is 1. The first-order valence-electron chi connectivity index (χ1n) is 5.14. The van der Waals surface area contributed by atoms with Crippen molar-refractivity contribution in [2.75, 3.05) is 5.73 Å². The van der Waals surface area contributed by atoms with E-state index in [0.29, 0.717) is 22.2 Å². The summed E-state index contributed by atoms with van der Waals surface area (Å²) >= 11 is 5.91. The molecule has 0 saturated heterocycles. The molecule has 3 rings (SSSR count). The lowest BCUT2D eigenvalue weighted by molar-refractivity contribution is 0.631. The lowest BCUT2D eigenvalue weighted by atomic mass is 10.2. The summed E-state index contributed by atoms with van der Waals surface area (Å²) in [6, 6.07) is 11.5. The predicted octanol–water partition coefficient (Wildman–Crippen LogP) is 3.73. The fourth-order valence-corrected chi connectivity index (χ4v) is 1.92. The van der Waals surface area contributed by atoms with Crippen molar-refractivity contribution in [2.45, 2.75) is 0 Å². The van der Waals surface area contributed by atoms with Crippen LogP contribution in [0.4, 0.5) is 5.82 Å². The first kappa shape index (κ1) is 10.2. The number of nitrogen functional groups attached to an aromatic ring is 1. The van der Waals surface area contributed by atoms with Crippen molar-refractivity contribution in [3.05, 3.63) is 47.6 Å². The summed E-state index contributed by atoms with van der Waals surface area (Å²) in [7, 11) is 0. The van der Waals surface area contributed by atoms with Crippen LogP contribution in [0.2, 0.25) is 5.02 Å². The number of nitrogens with two attached hydrogens (primary N) is 1. The Morgan fingerprint density at radius 2 is 2.00 bits per heavy atom. The van der Waals surface area contributed by atoms with E-state index in [1.165, 1.54) is 6.20 Å². The molecule has 84 valence electrons. The number of para-hydroxylation sites is 1. The van der Waals surface area contributed by atoms with Crippen molar-refractivity contribution in [1.29, 1.82) is 0 Å². The molecule has 0 spiro atoms. The Morgan fingerprint density at radius 3 is 2.82 bits per heavy atom. The summed E-state index contributed by atoms with van der Waals surface area (Å²) in [5.41, 5.74) is 7.35. The molecular formula is C13H9ClN2O. The molecule has 3 aromatic rings. The summed E-state index contributed by atoms with van der Waals surface area (Å²) < 4.78 is 5.71. The van der Waals surface area contributed by atoms with Gasteiger partial charge in [0.25, 0.3) is 0 Å². The summed E-state index contributed by atoms with van der Waals surface area (Å²) in [6.07, 6.45) is 1.52. The molecule has 0 atom stereocenters. The maximum Gasteiger partial charge on any atom is 0.139 e. The molecule has 0 saturated carbocycles. The van der Waals surface area contributed by atoms with E-state index < -0.39 is 0 Å². The molecule has 3 nitrogen and oxygen atoms in total. The Kier molecular flexibility index (Phi) is 2.27.